The van der Waals surface area contributed by atoms with Crippen molar-refractivity contribution in [2.75, 3.05) is 13.6 Å². The van der Waals surface area contributed by atoms with Crippen LogP contribution in [0.3, 0.4) is 0 Å². The fourth-order valence-corrected chi connectivity index (χ4v) is 2.79. The van der Waals surface area contributed by atoms with E-state index in [2.05, 4.69) is 51.8 Å². The van der Waals surface area contributed by atoms with Crippen LogP contribution < -0.4 is 10.6 Å². The fourth-order valence-electron chi connectivity index (χ4n) is 2.79. The third kappa shape index (κ3) is 5.20. The van der Waals surface area contributed by atoms with E-state index in [0.29, 0.717) is 0 Å². The molecule has 0 amide bonds. The minimum Gasteiger partial charge on any atom is -0.361 e. The van der Waals surface area contributed by atoms with Crippen molar-refractivity contribution in [2.45, 2.75) is 19.9 Å². The van der Waals surface area contributed by atoms with Crippen LogP contribution >= 0.6 is 24.0 Å². The molecule has 3 rings (SSSR count). The van der Waals surface area contributed by atoms with Crippen LogP contribution in [-0.4, -0.2) is 24.5 Å². The van der Waals surface area contributed by atoms with Crippen molar-refractivity contribution in [3.63, 3.8) is 0 Å². The van der Waals surface area contributed by atoms with Crippen LogP contribution in [0.5, 0.6) is 0 Å². The van der Waals surface area contributed by atoms with Gasteiger partial charge in [-0.3, -0.25) is 4.99 Å². The average Bonchev–Trinajstić information content (AvgIpc) is 3.01. The van der Waals surface area contributed by atoms with Gasteiger partial charge in [0.05, 0.1) is 0 Å². The molecule has 0 unspecified atom stereocenters. The Hall–Kier alpha value is -2.09. The first-order valence-corrected chi connectivity index (χ1v) is 8.41. The van der Waals surface area contributed by atoms with E-state index in [1.165, 1.54) is 23.3 Å². The number of H-pyrrole nitrogens is 1. The lowest BCUT2D eigenvalue weighted by atomic mass is 10.1. The van der Waals surface area contributed by atoms with Crippen molar-refractivity contribution < 1.29 is 4.39 Å². The third-order valence-corrected chi connectivity index (χ3v) is 4.22. The minimum absolute atomic E-state index is 0. The van der Waals surface area contributed by atoms with Gasteiger partial charge in [0.1, 0.15) is 5.82 Å². The number of halogens is 2. The second-order valence-electron chi connectivity index (χ2n) is 6.09. The molecular weight excluding hydrogens is 442 g/mol. The zero-order valence-corrected chi connectivity index (χ0v) is 17.3. The van der Waals surface area contributed by atoms with Crippen LogP contribution in [0.1, 0.15) is 16.7 Å². The van der Waals surface area contributed by atoms with E-state index < -0.39 is 0 Å². The van der Waals surface area contributed by atoms with Gasteiger partial charge in [0.25, 0.3) is 0 Å². The Bertz CT molecular complexity index is 871. The monoisotopic (exact) mass is 466 g/mol. The van der Waals surface area contributed by atoms with Crippen molar-refractivity contribution in [1.29, 1.82) is 0 Å². The third-order valence-electron chi connectivity index (χ3n) is 4.22. The molecule has 2 aromatic carbocycles. The van der Waals surface area contributed by atoms with Crippen LogP contribution in [0.4, 0.5) is 4.39 Å². The number of hydrogen-bond donors (Lipinski definition) is 3. The number of nitrogens with one attached hydrogen (secondary N) is 3. The number of guanidine groups is 1. The summed E-state index contributed by atoms with van der Waals surface area (Å²) in [5.41, 5.74) is 4.46. The lowest BCUT2D eigenvalue weighted by Gasteiger charge is -2.12. The molecule has 0 aliphatic carbocycles. The van der Waals surface area contributed by atoms with Crippen molar-refractivity contribution >= 4 is 40.8 Å². The summed E-state index contributed by atoms with van der Waals surface area (Å²) in [7, 11) is 1.76. The number of rotatable bonds is 5. The normalized spacial score (nSPS) is 11.3. The fraction of sp³-hybridized carbons (Fsp3) is 0.250. The van der Waals surface area contributed by atoms with Crippen LogP contribution in [0, 0.1) is 12.7 Å². The number of nitrogens with zero attached hydrogens (tertiary/aromatic N) is 1. The van der Waals surface area contributed by atoms with E-state index in [-0.39, 0.29) is 29.8 Å². The quantitative estimate of drug-likeness (QED) is 0.301. The zero-order valence-electron chi connectivity index (χ0n) is 15.0. The molecule has 6 heteroatoms. The van der Waals surface area contributed by atoms with Crippen molar-refractivity contribution in [2.24, 2.45) is 4.99 Å². The molecule has 3 aromatic rings. The predicted octanol–water partition coefficient (Wildman–Crippen LogP) is 4.14. The summed E-state index contributed by atoms with van der Waals surface area (Å²) in [6.07, 6.45) is 2.77. The number of benzene rings is 2. The van der Waals surface area contributed by atoms with Crippen molar-refractivity contribution in [3.05, 3.63) is 71.2 Å². The van der Waals surface area contributed by atoms with Gasteiger partial charge in [-0.2, -0.15) is 0 Å². The van der Waals surface area contributed by atoms with Crippen LogP contribution in [0.2, 0.25) is 0 Å². The van der Waals surface area contributed by atoms with Gasteiger partial charge in [-0.15, -0.1) is 24.0 Å². The molecule has 0 bridgehead atoms. The van der Waals surface area contributed by atoms with Gasteiger partial charge in [-0.05, 0) is 42.7 Å². The van der Waals surface area contributed by atoms with Gasteiger partial charge < -0.3 is 15.6 Å². The summed E-state index contributed by atoms with van der Waals surface area (Å²) < 4.78 is 13.2. The molecule has 0 saturated heterocycles. The Morgan fingerprint density at radius 2 is 1.88 bits per heavy atom. The second-order valence-corrected chi connectivity index (χ2v) is 6.09. The molecule has 0 spiro atoms. The highest BCUT2D eigenvalue weighted by atomic mass is 127. The van der Waals surface area contributed by atoms with Gasteiger partial charge in [0.2, 0.25) is 0 Å². The number of fused-ring (bicyclic) bond motifs is 1. The van der Waals surface area contributed by atoms with Gasteiger partial charge in [0, 0.05) is 37.2 Å². The van der Waals surface area contributed by atoms with E-state index in [4.69, 9.17) is 0 Å². The highest BCUT2D eigenvalue weighted by Crippen LogP contribution is 2.19. The minimum atomic E-state index is -0.222. The number of aromatic nitrogens is 1. The Balaban J connectivity index is 0.00000243. The summed E-state index contributed by atoms with van der Waals surface area (Å²) in [6, 6.07) is 13.3. The molecule has 1 heterocycles. The van der Waals surface area contributed by atoms with E-state index in [0.717, 1.165) is 41.9 Å². The summed E-state index contributed by atoms with van der Waals surface area (Å²) >= 11 is 0. The Morgan fingerprint density at radius 3 is 2.62 bits per heavy atom. The van der Waals surface area contributed by atoms with Gasteiger partial charge in [-0.25, -0.2) is 4.39 Å². The molecule has 0 atom stereocenters. The molecule has 3 N–H and O–H groups in total. The smallest absolute Gasteiger partial charge is 0.191 e. The van der Waals surface area contributed by atoms with Gasteiger partial charge in [-0.1, -0.05) is 29.8 Å². The second kappa shape index (κ2) is 9.56. The summed E-state index contributed by atoms with van der Waals surface area (Å²) in [6.45, 7) is 3.56. The van der Waals surface area contributed by atoms with Crippen molar-refractivity contribution in [3.8, 4) is 0 Å². The highest BCUT2D eigenvalue weighted by molar-refractivity contribution is 14.0. The van der Waals surface area contributed by atoms with E-state index in [9.17, 15) is 4.39 Å². The molecule has 26 heavy (non-hydrogen) atoms. The maximum atomic E-state index is 13.2. The standard InChI is InChI=1S/C20H23FN4.HI/c1-14-3-5-15(6-4-14)12-25-20(22-2)23-10-9-16-13-24-19-11-17(21)7-8-18(16)19;/h3-8,11,13,24H,9-10,12H2,1-2H3,(H2,22,23,25);1H. The molecule has 0 fully saturated rings. The maximum Gasteiger partial charge on any atom is 0.191 e. The number of aromatic amines is 1. The van der Waals surface area contributed by atoms with Crippen LogP contribution in [0.25, 0.3) is 10.9 Å². The predicted molar refractivity (Wildman–Crippen MR) is 117 cm³/mol. The topological polar surface area (TPSA) is 52.2 Å². The first-order valence-electron chi connectivity index (χ1n) is 8.41. The summed E-state index contributed by atoms with van der Waals surface area (Å²) in [4.78, 5) is 7.37. The van der Waals surface area contributed by atoms with Crippen molar-refractivity contribution in [1.82, 2.24) is 15.6 Å². The lowest BCUT2D eigenvalue weighted by molar-refractivity contribution is 0.629. The van der Waals surface area contributed by atoms with Gasteiger partial charge in [0.15, 0.2) is 5.96 Å². The molecular formula is C20H24FIN4. The molecule has 1 aromatic heterocycles. The first-order chi connectivity index (χ1) is 12.2. The number of aryl methyl sites for hydroxylation is 1. The van der Waals surface area contributed by atoms with Crippen LogP contribution in [-0.2, 0) is 13.0 Å². The molecule has 138 valence electrons. The van der Waals surface area contributed by atoms with E-state index >= 15 is 0 Å². The largest absolute Gasteiger partial charge is 0.361 e. The van der Waals surface area contributed by atoms with Gasteiger partial charge >= 0.3 is 0 Å². The number of hydrogen-bond acceptors (Lipinski definition) is 1. The summed E-state index contributed by atoms with van der Waals surface area (Å²) in [5, 5.41) is 7.69. The molecule has 0 aliphatic heterocycles. The average molecular weight is 466 g/mol. The molecule has 0 radical (unpaired) electrons. The SMILES string of the molecule is CN=C(NCCc1c[nH]c2cc(F)ccc12)NCc1ccc(C)cc1.I. The Morgan fingerprint density at radius 1 is 1.12 bits per heavy atom. The Kier molecular flexibility index (Phi) is 7.44. The maximum absolute atomic E-state index is 13.2. The molecule has 0 aliphatic rings. The number of aliphatic imine (C=N–C) groups is 1. The highest BCUT2D eigenvalue weighted by Gasteiger charge is 2.05. The Labute approximate surface area is 170 Å². The van der Waals surface area contributed by atoms with E-state index in [1.807, 2.05) is 12.3 Å². The molecule has 0 saturated carbocycles. The lowest BCUT2D eigenvalue weighted by Crippen LogP contribution is -2.37. The zero-order chi connectivity index (χ0) is 17.6. The van der Waals surface area contributed by atoms with Crippen LogP contribution in [0.15, 0.2) is 53.7 Å². The van der Waals surface area contributed by atoms with E-state index in [1.54, 1.807) is 7.05 Å². The first kappa shape index (κ1) is 20.2. The summed E-state index contributed by atoms with van der Waals surface area (Å²) in [5.74, 6) is 0.547. The molecule has 4 nitrogen and oxygen atoms in total.